The second kappa shape index (κ2) is 7.72. The first-order chi connectivity index (χ1) is 12.5. The number of ether oxygens (including phenoxy) is 2. The van der Waals surface area contributed by atoms with E-state index < -0.39 is 9.84 Å². The number of thioether (sulfide) groups is 1. The van der Waals surface area contributed by atoms with Gasteiger partial charge in [-0.25, -0.2) is 12.8 Å². The molecule has 0 saturated carbocycles. The smallest absolute Gasteiger partial charge is 0.206 e. The van der Waals surface area contributed by atoms with E-state index in [0.29, 0.717) is 29.2 Å². The van der Waals surface area contributed by atoms with E-state index >= 15 is 0 Å². The Morgan fingerprint density at radius 2 is 1.81 bits per heavy atom. The summed E-state index contributed by atoms with van der Waals surface area (Å²) in [6, 6.07) is 11.9. The lowest BCUT2D eigenvalue weighted by Crippen LogP contribution is -2.11. The Balaban J connectivity index is 2.05. The number of sulfone groups is 1. The van der Waals surface area contributed by atoms with Crippen molar-refractivity contribution >= 4 is 27.4 Å². The predicted octanol–water partition coefficient (Wildman–Crippen LogP) is 4.13. The summed E-state index contributed by atoms with van der Waals surface area (Å²) >= 11 is 1.59. The van der Waals surface area contributed by atoms with Gasteiger partial charge in [-0.15, -0.1) is 0 Å². The van der Waals surface area contributed by atoms with Gasteiger partial charge in [0.1, 0.15) is 23.4 Å². The second-order valence-corrected chi connectivity index (χ2v) is 8.72. The number of halogens is 1. The van der Waals surface area contributed by atoms with Gasteiger partial charge in [-0.05, 0) is 54.8 Å². The zero-order valence-corrected chi connectivity index (χ0v) is 16.1. The molecule has 26 heavy (non-hydrogen) atoms. The quantitative estimate of drug-likeness (QED) is 0.737. The Morgan fingerprint density at radius 3 is 2.38 bits per heavy atom. The maximum atomic E-state index is 13.2. The van der Waals surface area contributed by atoms with Crippen LogP contribution in [0.25, 0.3) is 5.76 Å². The molecule has 2 aromatic rings. The average Bonchev–Trinajstić information content (AvgIpc) is 3.07. The van der Waals surface area contributed by atoms with E-state index in [-0.39, 0.29) is 21.7 Å². The normalized spacial score (nSPS) is 17.3. The lowest BCUT2D eigenvalue weighted by atomic mass is 10.2. The van der Waals surface area contributed by atoms with Gasteiger partial charge in [0.2, 0.25) is 9.84 Å². The summed E-state index contributed by atoms with van der Waals surface area (Å²) < 4.78 is 50.6. The summed E-state index contributed by atoms with van der Waals surface area (Å²) in [6.07, 6.45) is 2.01. The van der Waals surface area contributed by atoms with Gasteiger partial charge in [0, 0.05) is 17.7 Å². The molecule has 2 aromatic carbocycles. The van der Waals surface area contributed by atoms with E-state index in [1.165, 1.54) is 43.5 Å². The van der Waals surface area contributed by atoms with Gasteiger partial charge in [-0.1, -0.05) is 0 Å². The van der Waals surface area contributed by atoms with Gasteiger partial charge < -0.3 is 9.47 Å². The highest BCUT2D eigenvalue weighted by Gasteiger charge is 2.35. The van der Waals surface area contributed by atoms with Crippen molar-refractivity contribution in [3.63, 3.8) is 0 Å². The van der Waals surface area contributed by atoms with Gasteiger partial charge in [0.25, 0.3) is 0 Å². The van der Waals surface area contributed by atoms with Crippen molar-refractivity contribution in [3.05, 3.63) is 64.8 Å². The molecule has 0 aliphatic carbocycles. The van der Waals surface area contributed by atoms with Gasteiger partial charge in [0.15, 0.2) is 0 Å². The standard InChI is InChI=1S/C19H19FO4S2/c1-23-15-7-9-17(10-8-15)26(21,22)18-11-16(12-25-2)24-19(18)13-3-5-14(20)6-4-13/h3-10,16H,11-12H2,1-2H3. The zero-order valence-electron chi connectivity index (χ0n) is 14.4. The summed E-state index contributed by atoms with van der Waals surface area (Å²) in [5.41, 5.74) is 0.557. The van der Waals surface area contributed by atoms with Crippen LogP contribution in [0.1, 0.15) is 12.0 Å². The second-order valence-electron chi connectivity index (χ2n) is 5.84. The monoisotopic (exact) mass is 394 g/mol. The Hall–Kier alpha value is -1.99. The molecule has 0 saturated heterocycles. The molecule has 0 bridgehead atoms. The highest BCUT2D eigenvalue weighted by atomic mass is 32.2. The van der Waals surface area contributed by atoms with Crippen LogP contribution >= 0.6 is 11.8 Å². The van der Waals surface area contributed by atoms with Crippen LogP contribution in [0.3, 0.4) is 0 Å². The van der Waals surface area contributed by atoms with Crippen LogP contribution in [0, 0.1) is 5.82 Å². The van der Waals surface area contributed by atoms with Crippen molar-refractivity contribution in [1.29, 1.82) is 0 Å². The van der Waals surface area contributed by atoms with Gasteiger partial charge >= 0.3 is 0 Å². The minimum absolute atomic E-state index is 0.182. The van der Waals surface area contributed by atoms with Crippen LogP contribution in [-0.4, -0.2) is 33.6 Å². The van der Waals surface area contributed by atoms with Gasteiger partial charge in [0.05, 0.1) is 16.9 Å². The van der Waals surface area contributed by atoms with Crippen LogP contribution in [0.15, 0.2) is 58.3 Å². The van der Waals surface area contributed by atoms with Gasteiger partial charge in [-0.3, -0.25) is 0 Å². The zero-order chi connectivity index (χ0) is 18.7. The summed E-state index contributed by atoms with van der Waals surface area (Å²) in [5, 5.41) is 0. The lowest BCUT2D eigenvalue weighted by Gasteiger charge is -2.11. The lowest BCUT2D eigenvalue weighted by molar-refractivity contribution is 0.215. The summed E-state index contributed by atoms with van der Waals surface area (Å²) in [5.74, 6) is 1.18. The minimum atomic E-state index is -3.73. The maximum Gasteiger partial charge on any atom is 0.206 e. The van der Waals surface area contributed by atoms with Crippen molar-refractivity contribution in [1.82, 2.24) is 0 Å². The fourth-order valence-electron chi connectivity index (χ4n) is 2.81. The third-order valence-corrected chi connectivity index (χ3v) is 6.70. The number of hydrogen-bond acceptors (Lipinski definition) is 5. The Labute approximate surface area is 156 Å². The van der Waals surface area contributed by atoms with Crippen molar-refractivity contribution < 1.29 is 22.3 Å². The SMILES string of the molecule is COc1ccc(S(=O)(=O)C2=C(c3ccc(F)cc3)OC(CSC)C2)cc1. The Kier molecular flexibility index (Phi) is 5.58. The van der Waals surface area contributed by atoms with Crippen LogP contribution in [-0.2, 0) is 14.6 Å². The third-order valence-electron chi connectivity index (χ3n) is 4.10. The van der Waals surface area contributed by atoms with Gasteiger partial charge in [-0.2, -0.15) is 11.8 Å². The molecular formula is C19H19FO4S2. The number of hydrogen-bond donors (Lipinski definition) is 0. The topological polar surface area (TPSA) is 52.6 Å². The van der Waals surface area contributed by atoms with Crippen molar-refractivity contribution in [2.75, 3.05) is 19.1 Å². The van der Waals surface area contributed by atoms with E-state index in [0.717, 1.165) is 0 Å². The molecule has 0 amide bonds. The van der Waals surface area contributed by atoms with Crippen LogP contribution in [0.4, 0.5) is 4.39 Å². The first-order valence-electron chi connectivity index (χ1n) is 7.99. The third kappa shape index (κ3) is 3.73. The fourth-order valence-corrected chi connectivity index (χ4v) is 4.96. The molecule has 0 aromatic heterocycles. The molecule has 1 atom stereocenters. The summed E-state index contributed by atoms with van der Waals surface area (Å²) in [6.45, 7) is 0. The van der Waals surface area contributed by atoms with E-state index in [9.17, 15) is 12.8 Å². The fraction of sp³-hybridized carbons (Fsp3) is 0.263. The van der Waals surface area contributed by atoms with Crippen molar-refractivity contribution in [3.8, 4) is 5.75 Å². The summed E-state index contributed by atoms with van der Waals surface area (Å²) in [7, 11) is -2.20. The number of methoxy groups -OCH3 is 1. The molecule has 1 unspecified atom stereocenters. The van der Waals surface area contributed by atoms with E-state index in [2.05, 4.69) is 0 Å². The first-order valence-corrected chi connectivity index (χ1v) is 10.9. The maximum absolute atomic E-state index is 13.2. The molecule has 0 radical (unpaired) electrons. The molecule has 1 aliphatic heterocycles. The highest BCUT2D eigenvalue weighted by molar-refractivity contribution is 7.98. The van der Waals surface area contributed by atoms with Crippen LogP contribution in [0.5, 0.6) is 5.75 Å². The largest absolute Gasteiger partial charge is 0.497 e. The van der Waals surface area contributed by atoms with Crippen molar-refractivity contribution in [2.45, 2.75) is 17.4 Å². The van der Waals surface area contributed by atoms with Crippen molar-refractivity contribution in [2.24, 2.45) is 0 Å². The molecule has 0 fully saturated rings. The average molecular weight is 394 g/mol. The number of benzene rings is 2. The molecule has 138 valence electrons. The molecule has 4 nitrogen and oxygen atoms in total. The molecule has 0 N–H and O–H groups in total. The van der Waals surface area contributed by atoms with E-state index in [1.807, 2.05) is 6.26 Å². The minimum Gasteiger partial charge on any atom is -0.497 e. The summed E-state index contributed by atoms with van der Waals surface area (Å²) in [4.78, 5) is 0.412. The first kappa shape index (κ1) is 18.8. The van der Waals surface area contributed by atoms with E-state index in [1.54, 1.807) is 23.9 Å². The molecular weight excluding hydrogens is 375 g/mol. The van der Waals surface area contributed by atoms with Crippen LogP contribution in [0.2, 0.25) is 0 Å². The number of rotatable bonds is 6. The molecule has 1 aliphatic rings. The molecule has 1 heterocycles. The Morgan fingerprint density at radius 1 is 1.15 bits per heavy atom. The molecule has 0 spiro atoms. The van der Waals surface area contributed by atoms with E-state index in [4.69, 9.17) is 9.47 Å². The van der Waals surface area contributed by atoms with Crippen LogP contribution < -0.4 is 4.74 Å². The predicted molar refractivity (Wildman–Crippen MR) is 101 cm³/mol. The highest BCUT2D eigenvalue weighted by Crippen LogP contribution is 2.39. The Bertz CT molecular complexity index is 904. The molecule has 3 rings (SSSR count). The molecule has 7 heteroatoms.